The van der Waals surface area contributed by atoms with E-state index in [1.54, 1.807) is 6.07 Å². The van der Waals surface area contributed by atoms with Gasteiger partial charge in [-0.05, 0) is 37.6 Å². The monoisotopic (exact) mass is 317 g/mol. The maximum atomic E-state index is 12.0. The molecule has 0 bridgehead atoms. The Morgan fingerprint density at radius 1 is 0.957 bits per heavy atom. The summed E-state index contributed by atoms with van der Waals surface area (Å²) >= 11 is 0. The molecule has 0 amide bonds. The summed E-state index contributed by atoms with van der Waals surface area (Å²) in [7, 11) is 1.00. The van der Waals surface area contributed by atoms with Gasteiger partial charge in [-0.2, -0.15) is 4.39 Å². The fourth-order valence-electron chi connectivity index (χ4n) is 1.69. The van der Waals surface area contributed by atoms with E-state index in [4.69, 9.17) is 5.11 Å². The van der Waals surface area contributed by atoms with E-state index >= 15 is 0 Å². The summed E-state index contributed by atoms with van der Waals surface area (Å²) in [6.45, 7) is 7.97. The minimum atomic E-state index is -0.421. The van der Waals surface area contributed by atoms with Crippen LogP contribution in [0.4, 0.5) is 4.39 Å². The van der Waals surface area contributed by atoms with Gasteiger partial charge in [0.1, 0.15) is 0 Å². The van der Waals surface area contributed by atoms with Crippen LogP contribution < -0.4 is 4.98 Å². The Morgan fingerprint density at radius 2 is 1.61 bits per heavy atom. The number of aromatic nitrogens is 2. The Hall–Kier alpha value is -2.33. The molecule has 2 heterocycles. The maximum absolute atomic E-state index is 12.0. The first-order valence-corrected chi connectivity index (χ1v) is 7.55. The van der Waals surface area contributed by atoms with E-state index in [1.807, 2.05) is 33.0 Å². The summed E-state index contributed by atoms with van der Waals surface area (Å²) in [4.78, 5) is 6.59. The Bertz CT molecular complexity index is 649. The highest BCUT2D eigenvalue weighted by Gasteiger charge is 1.96. The number of benzene rings is 1. The van der Waals surface area contributed by atoms with Crippen molar-refractivity contribution in [1.82, 2.24) is 4.98 Å². The number of nitrogens with zero attached hydrogens (tertiary/aromatic N) is 1. The highest BCUT2D eigenvalue weighted by Crippen LogP contribution is 2.09. The average Bonchev–Trinajstić information content (AvgIpc) is 2.61. The van der Waals surface area contributed by atoms with Gasteiger partial charge in [0.25, 0.3) is 0 Å². The largest absolute Gasteiger partial charge is 0.400 e. The van der Waals surface area contributed by atoms with Crippen LogP contribution >= 0.6 is 0 Å². The molecule has 124 valence electrons. The molecule has 0 saturated carbocycles. The van der Waals surface area contributed by atoms with Gasteiger partial charge in [0.05, 0.1) is 0 Å². The molecule has 0 fully saturated rings. The zero-order valence-corrected chi connectivity index (χ0v) is 14.5. The summed E-state index contributed by atoms with van der Waals surface area (Å²) in [6, 6.07) is 13.5. The Labute approximate surface area is 137 Å². The van der Waals surface area contributed by atoms with Gasteiger partial charge in [-0.3, -0.25) is 0 Å². The molecule has 1 aromatic carbocycles. The van der Waals surface area contributed by atoms with Gasteiger partial charge in [0, 0.05) is 30.8 Å². The standard InChI is InChI=1S/C10H9N.C6H6FN.C2H6.CH4O/c1-8-4-5-10-9(7-8)3-2-6-11-10;1-5-2-3-6(7)8-4-5;2*1-2/h2-7H,1H3;2-4H,1H3;1-2H3;2H,1H3/p+1. The van der Waals surface area contributed by atoms with Crippen molar-refractivity contribution in [3.8, 4) is 0 Å². The summed E-state index contributed by atoms with van der Waals surface area (Å²) in [6.07, 6.45) is 3.44. The number of nitrogens with one attached hydrogen (secondary N) is 1. The van der Waals surface area contributed by atoms with E-state index in [-0.39, 0.29) is 0 Å². The third kappa shape index (κ3) is 8.02. The lowest BCUT2D eigenvalue weighted by molar-refractivity contribution is -0.344. The molecule has 0 aliphatic carbocycles. The SMILES string of the molecule is CC.CO.Cc1ccc(F)nc1.Cc1ccc2[nH+]cccc2c1. The number of aliphatic hydroxyl groups excluding tert-OH is 1. The van der Waals surface area contributed by atoms with Crippen LogP contribution in [0.15, 0.2) is 54.9 Å². The molecule has 0 saturated heterocycles. The van der Waals surface area contributed by atoms with Crippen molar-refractivity contribution >= 4 is 10.9 Å². The second kappa shape index (κ2) is 12.2. The molecule has 3 aromatic rings. The predicted molar refractivity (Wildman–Crippen MR) is 93.7 cm³/mol. The van der Waals surface area contributed by atoms with Crippen LogP contribution in [0.2, 0.25) is 0 Å². The first-order valence-electron chi connectivity index (χ1n) is 7.55. The number of H-pyrrole nitrogens is 1. The molecule has 3 rings (SSSR count). The van der Waals surface area contributed by atoms with E-state index in [1.165, 1.54) is 28.7 Å². The molecular weight excluding hydrogens is 291 g/mol. The molecule has 0 radical (unpaired) electrons. The highest BCUT2D eigenvalue weighted by atomic mass is 19.1. The number of fused-ring (bicyclic) bond motifs is 1. The van der Waals surface area contributed by atoms with Crippen molar-refractivity contribution < 1.29 is 14.5 Å². The number of aliphatic hydroxyl groups is 1. The predicted octanol–water partition coefficient (Wildman–Crippen LogP) is 4.13. The second-order valence-electron chi connectivity index (χ2n) is 4.42. The molecule has 0 aliphatic heterocycles. The van der Waals surface area contributed by atoms with Gasteiger partial charge in [-0.1, -0.05) is 31.5 Å². The highest BCUT2D eigenvalue weighted by molar-refractivity contribution is 5.75. The third-order valence-electron chi connectivity index (χ3n) is 2.69. The van der Waals surface area contributed by atoms with E-state index in [2.05, 4.69) is 41.2 Å². The van der Waals surface area contributed by atoms with Gasteiger partial charge >= 0.3 is 0 Å². The number of aromatic amines is 1. The van der Waals surface area contributed by atoms with Crippen molar-refractivity contribution in [2.75, 3.05) is 7.11 Å². The van der Waals surface area contributed by atoms with Gasteiger partial charge in [0.2, 0.25) is 11.5 Å². The third-order valence-corrected chi connectivity index (χ3v) is 2.69. The molecular formula is C19H26FN2O+. The molecule has 3 nitrogen and oxygen atoms in total. The van der Waals surface area contributed by atoms with Crippen LogP contribution in [-0.4, -0.2) is 17.2 Å². The smallest absolute Gasteiger partial charge is 0.212 e. The Balaban J connectivity index is 0.000000358. The first kappa shape index (κ1) is 20.7. The number of aryl methyl sites for hydroxylation is 2. The molecule has 2 N–H and O–H groups in total. The minimum absolute atomic E-state index is 0.421. The molecule has 2 aromatic heterocycles. The lowest BCUT2D eigenvalue weighted by Gasteiger charge is -1.91. The van der Waals surface area contributed by atoms with Crippen molar-refractivity contribution in [3.63, 3.8) is 0 Å². The fourth-order valence-corrected chi connectivity index (χ4v) is 1.69. The summed E-state index contributed by atoms with van der Waals surface area (Å²) in [5.41, 5.74) is 3.47. The van der Waals surface area contributed by atoms with Gasteiger partial charge in [-0.15, -0.1) is 0 Å². The summed E-state index contributed by atoms with van der Waals surface area (Å²) in [5, 5.41) is 8.27. The average molecular weight is 317 g/mol. The normalized spacial score (nSPS) is 8.65. The van der Waals surface area contributed by atoms with Crippen LogP contribution in [0, 0.1) is 19.8 Å². The number of pyridine rings is 2. The molecule has 23 heavy (non-hydrogen) atoms. The van der Waals surface area contributed by atoms with Gasteiger partial charge in [0.15, 0.2) is 6.20 Å². The van der Waals surface area contributed by atoms with Crippen LogP contribution in [0.5, 0.6) is 0 Å². The van der Waals surface area contributed by atoms with Crippen molar-refractivity contribution in [1.29, 1.82) is 0 Å². The lowest BCUT2D eigenvalue weighted by atomic mass is 10.1. The number of rotatable bonds is 0. The van der Waals surface area contributed by atoms with Crippen molar-refractivity contribution in [3.05, 3.63) is 71.9 Å². The van der Waals surface area contributed by atoms with Crippen molar-refractivity contribution in [2.24, 2.45) is 0 Å². The van der Waals surface area contributed by atoms with Crippen LogP contribution in [0.1, 0.15) is 25.0 Å². The zero-order chi connectivity index (χ0) is 17.7. The summed E-state index contributed by atoms with van der Waals surface area (Å²) in [5.74, 6) is -0.421. The van der Waals surface area contributed by atoms with Gasteiger partial charge in [-0.25, -0.2) is 9.97 Å². The van der Waals surface area contributed by atoms with Crippen LogP contribution in [0.3, 0.4) is 0 Å². The van der Waals surface area contributed by atoms with E-state index in [0.29, 0.717) is 0 Å². The quantitative estimate of drug-likeness (QED) is 0.634. The van der Waals surface area contributed by atoms with Gasteiger partial charge < -0.3 is 5.11 Å². The Kier molecular flexibility index (Phi) is 11.0. The van der Waals surface area contributed by atoms with E-state index in [0.717, 1.165) is 12.7 Å². The Morgan fingerprint density at radius 3 is 2.17 bits per heavy atom. The lowest BCUT2D eigenvalue weighted by Crippen LogP contribution is -2.00. The second-order valence-corrected chi connectivity index (χ2v) is 4.42. The summed E-state index contributed by atoms with van der Waals surface area (Å²) < 4.78 is 12.0. The number of halogens is 1. The molecule has 0 unspecified atom stereocenters. The van der Waals surface area contributed by atoms with E-state index in [9.17, 15) is 4.39 Å². The molecule has 4 heteroatoms. The number of hydrogen-bond acceptors (Lipinski definition) is 2. The topological polar surface area (TPSA) is 47.3 Å². The van der Waals surface area contributed by atoms with Crippen LogP contribution in [0.25, 0.3) is 10.9 Å². The van der Waals surface area contributed by atoms with Crippen molar-refractivity contribution in [2.45, 2.75) is 27.7 Å². The molecule has 0 spiro atoms. The minimum Gasteiger partial charge on any atom is -0.400 e. The van der Waals surface area contributed by atoms with Crippen LogP contribution in [-0.2, 0) is 0 Å². The van der Waals surface area contributed by atoms with E-state index < -0.39 is 5.95 Å². The molecule has 0 aliphatic rings. The maximum Gasteiger partial charge on any atom is 0.212 e. The first-order chi connectivity index (χ1) is 11.1. The fraction of sp³-hybridized carbons (Fsp3) is 0.263. The number of hydrogen-bond donors (Lipinski definition) is 1. The zero-order valence-electron chi connectivity index (χ0n) is 14.5. The molecule has 0 atom stereocenters.